The Bertz CT molecular complexity index is 642. The van der Waals surface area contributed by atoms with Crippen molar-refractivity contribution >= 4 is 6.03 Å². The van der Waals surface area contributed by atoms with Crippen LogP contribution in [0.4, 0.5) is 4.79 Å². The molecule has 1 fully saturated rings. The lowest BCUT2D eigenvalue weighted by molar-refractivity contribution is 0.234. The van der Waals surface area contributed by atoms with E-state index in [1.165, 1.54) is 0 Å². The summed E-state index contributed by atoms with van der Waals surface area (Å²) >= 11 is 0. The van der Waals surface area contributed by atoms with Crippen molar-refractivity contribution in [2.75, 3.05) is 20.2 Å². The normalized spacial score (nSPS) is 17.6. The van der Waals surface area contributed by atoms with Crippen molar-refractivity contribution in [3.8, 4) is 5.88 Å². The fraction of sp³-hybridized carbons (Fsp3) is 0.412. The van der Waals surface area contributed by atoms with Gasteiger partial charge in [0.2, 0.25) is 5.88 Å². The second-order valence-electron chi connectivity index (χ2n) is 5.84. The molecule has 3 heterocycles. The number of nitrogens with one attached hydrogen (secondary N) is 2. The first-order valence-electron chi connectivity index (χ1n) is 8.01. The number of hydrogen-bond donors (Lipinski definition) is 2. The molecule has 1 aliphatic rings. The lowest BCUT2D eigenvalue weighted by Gasteiger charge is -2.17. The summed E-state index contributed by atoms with van der Waals surface area (Å²) < 4.78 is 10.3. The Hall–Kier alpha value is -2.54. The van der Waals surface area contributed by atoms with E-state index < -0.39 is 0 Å². The molecule has 3 rings (SSSR count). The highest BCUT2D eigenvalue weighted by atomic mass is 16.5. The first-order valence-corrected chi connectivity index (χ1v) is 8.01. The Morgan fingerprint density at radius 1 is 1.46 bits per heavy atom. The third-order valence-corrected chi connectivity index (χ3v) is 4.02. The van der Waals surface area contributed by atoms with Gasteiger partial charge in [-0.1, -0.05) is 6.07 Å². The zero-order chi connectivity index (χ0) is 16.8. The molecule has 1 saturated heterocycles. The Morgan fingerprint density at radius 2 is 2.38 bits per heavy atom. The molecule has 2 aromatic rings. The van der Waals surface area contributed by atoms with Crippen molar-refractivity contribution in [2.24, 2.45) is 0 Å². The van der Waals surface area contributed by atoms with Crippen molar-refractivity contribution in [2.45, 2.75) is 25.6 Å². The summed E-state index contributed by atoms with van der Waals surface area (Å²) in [6.45, 7) is 3.01. The minimum absolute atomic E-state index is 0.160. The topological polar surface area (TPSA) is 79.6 Å². The number of urea groups is 1. The second kappa shape index (κ2) is 7.83. The van der Waals surface area contributed by atoms with Gasteiger partial charge in [0.1, 0.15) is 5.76 Å². The van der Waals surface area contributed by atoms with Crippen molar-refractivity contribution in [1.29, 1.82) is 0 Å². The van der Waals surface area contributed by atoms with E-state index in [2.05, 4.69) is 20.5 Å². The highest BCUT2D eigenvalue weighted by Crippen LogP contribution is 2.14. The number of likely N-dealkylation sites (tertiary alicyclic amines) is 1. The molecule has 0 radical (unpaired) electrons. The molecule has 2 N–H and O–H groups in total. The Labute approximate surface area is 141 Å². The van der Waals surface area contributed by atoms with Crippen LogP contribution < -0.4 is 15.4 Å². The monoisotopic (exact) mass is 330 g/mol. The Morgan fingerprint density at radius 3 is 3.08 bits per heavy atom. The number of carbonyl (C=O) groups is 1. The molecule has 1 aliphatic heterocycles. The van der Waals surface area contributed by atoms with E-state index in [0.29, 0.717) is 12.4 Å². The van der Waals surface area contributed by atoms with Gasteiger partial charge in [0.25, 0.3) is 0 Å². The molecule has 0 bridgehead atoms. The average molecular weight is 330 g/mol. The highest BCUT2D eigenvalue weighted by molar-refractivity contribution is 5.74. The van der Waals surface area contributed by atoms with Gasteiger partial charge in [-0.25, -0.2) is 9.78 Å². The van der Waals surface area contributed by atoms with E-state index in [0.717, 1.165) is 37.4 Å². The van der Waals surface area contributed by atoms with E-state index in [4.69, 9.17) is 9.15 Å². The summed E-state index contributed by atoms with van der Waals surface area (Å²) in [6.07, 6.45) is 4.37. The predicted molar refractivity (Wildman–Crippen MR) is 88.6 cm³/mol. The molecule has 2 amide bonds. The average Bonchev–Trinajstić information content (AvgIpc) is 3.26. The zero-order valence-corrected chi connectivity index (χ0v) is 13.7. The maximum atomic E-state index is 11.9. The van der Waals surface area contributed by atoms with E-state index in [1.54, 1.807) is 19.4 Å². The number of carbonyl (C=O) groups excluding carboxylic acids is 1. The van der Waals surface area contributed by atoms with Crippen molar-refractivity contribution in [3.63, 3.8) is 0 Å². The summed E-state index contributed by atoms with van der Waals surface area (Å²) in [4.78, 5) is 18.4. The quantitative estimate of drug-likeness (QED) is 0.844. The van der Waals surface area contributed by atoms with Crippen molar-refractivity contribution in [1.82, 2.24) is 20.5 Å². The number of aromatic nitrogens is 1. The summed E-state index contributed by atoms with van der Waals surface area (Å²) in [7, 11) is 1.61. The van der Waals surface area contributed by atoms with Gasteiger partial charge in [0.05, 0.1) is 19.9 Å². The SMILES string of the molecule is COc1ccc(CN2CC[C@H](NC(=O)NCc3ccco3)C2)cn1. The molecule has 2 aromatic heterocycles. The summed E-state index contributed by atoms with van der Waals surface area (Å²) in [5, 5.41) is 5.81. The van der Waals surface area contributed by atoms with Gasteiger partial charge >= 0.3 is 6.03 Å². The van der Waals surface area contributed by atoms with Gasteiger partial charge in [0, 0.05) is 37.9 Å². The number of hydrogen-bond acceptors (Lipinski definition) is 5. The third kappa shape index (κ3) is 4.48. The first-order chi connectivity index (χ1) is 11.7. The molecular formula is C17H22N4O3. The van der Waals surface area contributed by atoms with E-state index in [9.17, 15) is 4.79 Å². The van der Waals surface area contributed by atoms with E-state index in [1.807, 2.05) is 24.4 Å². The molecule has 0 aliphatic carbocycles. The van der Waals surface area contributed by atoms with Gasteiger partial charge < -0.3 is 19.8 Å². The maximum Gasteiger partial charge on any atom is 0.315 e. The molecule has 7 heteroatoms. The van der Waals surface area contributed by atoms with Gasteiger partial charge in [-0.2, -0.15) is 0 Å². The molecule has 0 aromatic carbocycles. The highest BCUT2D eigenvalue weighted by Gasteiger charge is 2.23. The third-order valence-electron chi connectivity index (χ3n) is 4.02. The maximum absolute atomic E-state index is 11.9. The van der Waals surface area contributed by atoms with Crippen LogP contribution in [-0.4, -0.2) is 42.2 Å². The largest absolute Gasteiger partial charge is 0.481 e. The van der Waals surface area contributed by atoms with E-state index >= 15 is 0 Å². The summed E-state index contributed by atoms with van der Waals surface area (Å²) in [5.74, 6) is 1.36. The lowest BCUT2D eigenvalue weighted by Crippen LogP contribution is -2.43. The minimum atomic E-state index is -0.163. The molecule has 1 atom stereocenters. The fourth-order valence-corrected chi connectivity index (χ4v) is 2.79. The molecule has 0 unspecified atom stereocenters. The van der Waals surface area contributed by atoms with E-state index in [-0.39, 0.29) is 12.1 Å². The molecule has 0 spiro atoms. The number of furan rings is 1. The first kappa shape index (κ1) is 16.3. The van der Waals surface area contributed by atoms with Crippen molar-refractivity contribution < 1.29 is 13.9 Å². The van der Waals surface area contributed by atoms with Crippen LogP contribution in [0.3, 0.4) is 0 Å². The predicted octanol–water partition coefficient (Wildman–Crippen LogP) is 1.76. The number of methoxy groups -OCH3 is 1. The van der Waals surface area contributed by atoms with Crippen LogP contribution >= 0.6 is 0 Å². The smallest absolute Gasteiger partial charge is 0.315 e. The minimum Gasteiger partial charge on any atom is -0.481 e. The molecular weight excluding hydrogens is 308 g/mol. The number of pyridine rings is 1. The van der Waals surface area contributed by atoms with Crippen LogP contribution in [0, 0.1) is 0 Å². The molecule has 0 saturated carbocycles. The molecule has 24 heavy (non-hydrogen) atoms. The van der Waals surface area contributed by atoms with Gasteiger partial charge in [0.15, 0.2) is 0 Å². The number of nitrogens with zero attached hydrogens (tertiary/aromatic N) is 2. The summed E-state index contributed by atoms with van der Waals surface area (Å²) in [6, 6.07) is 7.52. The van der Waals surface area contributed by atoms with Crippen LogP contribution in [0.5, 0.6) is 5.88 Å². The van der Waals surface area contributed by atoms with Crippen LogP contribution in [-0.2, 0) is 13.1 Å². The summed E-state index contributed by atoms with van der Waals surface area (Å²) in [5.41, 5.74) is 1.14. The van der Waals surface area contributed by atoms with Gasteiger partial charge in [-0.15, -0.1) is 0 Å². The fourth-order valence-electron chi connectivity index (χ4n) is 2.79. The van der Waals surface area contributed by atoms with Gasteiger partial charge in [-0.3, -0.25) is 4.90 Å². The second-order valence-corrected chi connectivity index (χ2v) is 5.84. The Kier molecular flexibility index (Phi) is 5.32. The lowest BCUT2D eigenvalue weighted by atomic mass is 10.2. The number of ether oxygens (including phenoxy) is 1. The van der Waals surface area contributed by atoms with Crippen LogP contribution in [0.25, 0.3) is 0 Å². The van der Waals surface area contributed by atoms with Crippen molar-refractivity contribution in [3.05, 3.63) is 48.0 Å². The van der Waals surface area contributed by atoms with Gasteiger partial charge in [-0.05, 0) is 24.1 Å². The van der Waals surface area contributed by atoms with Crippen LogP contribution in [0.15, 0.2) is 41.1 Å². The van der Waals surface area contributed by atoms with Crippen LogP contribution in [0.1, 0.15) is 17.7 Å². The molecule has 128 valence electrons. The number of amides is 2. The Balaban J connectivity index is 1.40. The number of rotatable bonds is 6. The standard InChI is InChI=1S/C17H22N4O3/c1-23-16-5-4-13(9-18-16)11-21-7-6-14(12-21)20-17(22)19-10-15-3-2-8-24-15/h2-5,8-9,14H,6-7,10-12H2,1H3,(H2,19,20,22)/t14-/m0/s1. The zero-order valence-electron chi connectivity index (χ0n) is 13.7. The molecule has 7 nitrogen and oxygen atoms in total. The van der Waals surface area contributed by atoms with Crippen LogP contribution in [0.2, 0.25) is 0 Å².